The lowest BCUT2D eigenvalue weighted by atomic mass is 10.2. The Balaban J connectivity index is 3.23. The van der Waals surface area contributed by atoms with Gasteiger partial charge in [-0.1, -0.05) is 0 Å². The van der Waals surface area contributed by atoms with Gasteiger partial charge in [-0.25, -0.2) is 8.78 Å². The maximum absolute atomic E-state index is 12.3. The Morgan fingerprint density at radius 2 is 2.23 bits per heavy atom. The molecule has 0 amide bonds. The Hall–Kier alpha value is 0.0300. The minimum Gasteiger partial charge on any atom is -0.255 e. The lowest BCUT2D eigenvalue weighted by molar-refractivity contribution is 0.145. The third-order valence-corrected chi connectivity index (χ3v) is 3.50. The largest absolute Gasteiger partial charge is 0.280 e. The summed E-state index contributed by atoms with van der Waals surface area (Å²) in [4.78, 5) is 3.67. The highest BCUT2D eigenvalue weighted by molar-refractivity contribution is 14.1. The summed E-state index contributed by atoms with van der Waals surface area (Å²) in [5, 5.41) is 0. The minimum absolute atomic E-state index is 0.154. The van der Waals surface area contributed by atoms with Crippen LogP contribution in [0.25, 0.3) is 0 Å². The Kier molecular flexibility index (Phi) is 3.85. The predicted octanol–water partition coefficient (Wildman–Crippen LogP) is 3.67. The van der Waals surface area contributed by atoms with Crippen LogP contribution in [0.2, 0.25) is 0 Å². The van der Waals surface area contributed by atoms with Gasteiger partial charge in [0.2, 0.25) is 0 Å². The molecule has 0 aromatic carbocycles. The van der Waals surface area contributed by atoms with Crippen LogP contribution < -0.4 is 0 Å². The number of hydrogen-bond acceptors (Lipinski definition) is 1. The zero-order valence-corrected chi connectivity index (χ0v) is 9.73. The average Bonchev–Trinajstić information content (AvgIpc) is 2.09. The zero-order chi connectivity index (χ0) is 10.0. The highest BCUT2D eigenvalue weighted by Gasteiger charge is 2.15. The van der Waals surface area contributed by atoms with E-state index < -0.39 is 6.43 Å². The molecule has 0 aliphatic rings. The van der Waals surface area contributed by atoms with Crippen LogP contribution in [0, 0.1) is 10.5 Å². The number of nitrogens with zero attached hydrogens (tertiary/aromatic N) is 1. The monoisotopic (exact) mass is 317 g/mol. The Bertz CT molecular complexity index is 317. The summed E-state index contributed by atoms with van der Waals surface area (Å²) in [6.45, 7) is 1.63. The van der Waals surface area contributed by atoms with E-state index in [0.29, 0.717) is 11.4 Å². The molecular weight excluding hydrogens is 310 g/mol. The number of hydrogen-bond donors (Lipinski definition) is 0. The molecule has 13 heavy (non-hydrogen) atoms. The van der Waals surface area contributed by atoms with Gasteiger partial charge in [-0.05, 0) is 40.6 Å². The molecule has 0 saturated carbocycles. The lowest BCUT2D eigenvalue weighted by Gasteiger charge is -2.08. The smallest absolute Gasteiger partial charge is 0.255 e. The van der Waals surface area contributed by atoms with Crippen molar-refractivity contribution in [1.82, 2.24) is 4.98 Å². The number of aromatic nitrogens is 1. The molecule has 1 rings (SSSR count). The van der Waals surface area contributed by atoms with Crippen molar-refractivity contribution in [2.75, 3.05) is 0 Å². The van der Waals surface area contributed by atoms with Gasteiger partial charge < -0.3 is 0 Å². The molecule has 0 fully saturated rings. The molecule has 0 radical (unpaired) electrons. The molecule has 5 heteroatoms. The van der Waals surface area contributed by atoms with Crippen LogP contribution in [0.5, 0.6) is 0 Å². The molecule has 1 aromatic heterocycles. The molecular formula is C8H7ClF2IN. The molecule has 0 aliphatic heterocycles. The van der Waals surface area contributed by atoms with Gasteiger partial charge in [-0.15, -0.1) is 11.6 Å². The number of pyridine rings is 1. The van der Waals surface area contributed by atoms with E-state index in [0.717, 1.165) is 9.13 Å². The van der Waals surface area contributed by atoms with E-state index in [1.165, 1.54) is 6.20 Å². The molecule has 1 aromatic rings. The maximum Gasteiger partial charge on any atom is 0.280 e. The van der Waals surface area contributed by atoms with Crippen LogP contribution in [0.4, 0.5) is 8.78 Å². The Morgan fingerprint density at radius 1 is 1.62 bits per heavy atom. The minimum atomic E-state index is -2.52. The van der Waals surface area contributed by atoms with Crippen molar-refractivity contribution in [3.63, 3.8) is 0 Å². The van der Waals surface area contributed by atoms with Gasteiger partial charge in [0.25, 0.3) is 6.43 Å². The van der Waals surface area contributed by atoms with Crippen LogP contribution in [-0.4, -0.2) is 4.98 Å². The quantitative estimate of drug-likeness (QED) is 0.599. The van der Waals surface area contributed by atoms with E-state index >= 15 is 0 Å². The average molecular weight is 318 g/mol. The SMILES string of the molecule is Cc1c(C(F)F)ncc(CCl)c1I. The normalized spacial score (nSPS) is 10.9. The van der Waals surface area contributed by atoms with Crippen molar-refractivity contribution in [3.05, 3.63) is 26.6 Å². The summed E-state index contributed by atoms with van der Waals surface area (Å²) in [5.41, 5.74) is 1.16. The molecule has 0 atom stereocenters. The summed E-state index contributed by atoms with van der Waals surface area (Å²) in [6.07, 6.45) is -1.11. The van der Waals surface area contributed by atoms with E-state index in [1.807, 2.05) is 22.6 Å². The van der Waals surface area contributed by atoms with Gasteiger partial charge in [0.1, 0.15) is 5.69 Å². The number of rotatable bonds is 2. The molecule has 0 bridgehead atoms. The zero-order valence-electron chi connectivity index (χ0n) is 6.82. The van der Waals surface area contributed by atoms with E-state index in [9.17, 15) is 8.78 Å². The van der Waals surface area contributed by atoms with Crippen LogP contribution in [-0.2, 0) is 5.88 Å². The van der Waals surface area contributed by atoms with Gasteiger partial charge in [-0.2, -0.15) is 0 Å². The van der Waals surface area contributed by atoms with Crippen molar-refractivity contribution in [2.45, 2.75) is 19.2 Å². The Morgan fingerprint density at radius 3 is 2.69 bits per heavy atom. The van der Waals surface area contributed by atoms with Crippen LogP contribution >= 0.6 is 34.2 Å². The first-order valence-electron chi connectivity index (χ1n) is 3.56. The molecule has 0 N–H and O–H groups in total. The summed E-state index contributed by atoms with van der Waals surface area (Å²) in [6, 6.07) is 0. The summed E-state index contributed by atoms with van der Waals surface area (Å²) in [5.74, 6) is 0.301. The van der Waals surface area contributed by atoms with E-state index in [-0.39, 0.29) is 5.69 Å². The molecule has 0 unspecified atom stereocenters. The van der Waals surface area contributed by atoms with Gasteiger partial charge in [0.05, 0.1) is 0 Å². The van der Waals surface area contributed by atoms with Gasteiger partial charge in [0, 0.05) is 15.6 Å². The second-order valence-corrected chi connectivity index (χ2v) is 3.89. The maximum atomic E-state index is 12.3. The molecule has 0 spiro atoms. The third kappa shape index (κ3) is 2.28. The number of alkyl halides is 3. The highest BCUT2D eigenvalue weighted by Crippen LogP contribution is 2.26. The van der Waals surface area contributed by atoms with E-state index in [1.54, 1.807) is 6.92 Å². The Labute approximate surface area is 93.6 Å². The van der Waals surface area contributed by atoms with E-state index in [4.69, 9.17) is 11.6 Å². The van der Waals surface area contributed by atoms with Gasteiger partial charge >= 0.3 is 0 Å². The van der Waals surface area contributed by atoms with Gasteiger partial charge in [0.15, 0.2) is 0 Å². The molecule has 1 heterocycles. The van der Waals surface area contributed by atoms with Crippen molar-refractivity contribution in [1.29, 1.82) is 0 Å². The fourth-order valence-electron chi connectivity index (χ4n) is 0.967. The number of halogens is 4. The fraction of sp³-hybridized carbons (Fsp3) is 0.375. The molecule has 0 saturated heterocycles. The fourth-order valence-corrected chi connectivity index (χ4v) is 2.00. The summed E-state index contributed by atoms with van der Waals surface area (Å²) >= 11 is 7.61. The van der Waals surface area contributed by atoms with Crippen molar-refractivity contribution < 1.29 is 8.78 Å². The first-order valence-corrected chi connectivity index (χ1v) is 5.17. The van der Waals surface area contributed by atoms with Gasteiger partial charge in [-0.3, -0.25) is 4.98 Å². The third-order valence-electron chi connectivity index (χ3n) is 1.71. The summed E-state index contributed by atoms with van der Waals surface area (Å²) < 4.78 is 25.5. The topological polar surface area (TPSA) is 12.9 Å². The standard InChI is InChI=1S/C8H7ClF2IN/c1-4-6(12)5(2-9)3-13-7(4)8(10)11/h3,8H,2H2,1H3. The van der Waals surface area contributed by atoms with Crippen LogP contribution in [0.3, 0.4) is 0 Å². The molecule has 72 valence electrons. The van der Waals surface area contributed by atoms with Crippen LogP contribution in [0.1, 0.15) is 23.2 Å². The lowest BCUT2D eigenvalue weighted by Crippen LogP contribution is -2.00. The highest BCUT2D eigenvalue weighted by atomic mass is 127. The first-order chi connectivity index (χ1) is 6.07. The van der Waals surface area contributed by atoms with Crippen LogP contribution in [0.15, 0.2) is 6.20 Å². The predicted molar refractivity (Wildman–Crippen MR) is 56.2 cm³/mol. The molecule has 1 nitrogen and oxygen atoms in total. The summed E-state index contributed by atoms with van der Waals surface area (Å²) in [7, 11) is 0. The second-order valence-electron chi connectivity index (χ2n) is 2.54. The second kappa shape index (κ2) is 4.50. The first kappa shape index (κ1) is 11.1. The van der Waals surface area contributed by atoms with Crippen molar-refractivity contribution in [3.8, 4) is 0 Å². The molecule has 0 aliphatic carbocycles. The van der Waals surface area contributed by atoms with E-state index in [2.05, 4.69) is 4.98 Å². The van der Waals surface area contributed by atoms with Crippen molar-refractivity contribution in [2.24, 2.45) is 0 Å². The van der Waals surface area contributed by atoms with Crippen molar-refractivity contribution >= 4 is 34.2 Å².